The van der Waals surface area contributed by atoms with Crippen molar-refractivity contribution in [3.8, 4) is 5.75 Å². The zero-order chi connectivity index (χ0) is 13.8. The van der Waals surface area contributed by atoms with Crippen LogP contribution in [0.15, 0.2) is 36.4 Å². The van der Waals surface area contributed by atoms with Crippen LogP contribution in [-0.4, -0.2) is 12.9 Å². The van der Waals surface area contributed by atoms with Crippen molar-refractivity contribution < 1.29 is 17.9 Å². The largest absolute Gasteiger partial charge is 0.573 e. The van der Waals surface area contributed by atoms with Crippen LogP contribution >= 0.6 is 0 Å². The van der Waals surface area contributed by atoms with E-state index in [0.29, 0.717) is 0 Å². The van der Waals surface area contributed by atoms with Crippen molar-refractivity contribution in [3.05, 3.63) is 42.0 Å². The Labute approximate surface area is 104 Å². The quantitative estimate of drug-likeness (QED) is 0.812. The van der Waals surface area contributed by atoms with Gasteiger partial charge in [0.05, 0.1) is 6.04 Å². The maximum Gasteiger partial charge on any atom is 0.573 e. The van der Waals surface area contributed by atoms with Gasteiger partial charge in [0.1, 0.15) is 5.75 Å². The molecule has 0 spiro atoms. The number of hydrogen-bond donors (Lipinski definition) is 1. The summed E-state index contributed by atoms with van der Waals surface area (Å²) < 4.78 is 39.8. The molecule has 18 heavy (non-hydrogen) atoms. The average Bonchev–Trinajstić information content (AvgIpc) is 2.25. The highest BCUT2D eigenvalue weighted by molar-refractivity contribution is 5.32. The molecule has 0 amide bonds. The molecule has 100 valence electrons. The lowest BCUT2D eigenvalue weighted by Gasteiger charge is -2.19. The lowest BCUT2D eigenvalue weighted by molar-refractivity contribution is -0.274. The molecule has 1 unspecified atom stereocenters. The van der Waals surface area contributed by atoms with Crippen LogP contribution in [0.1, 0.15) is 25.5 Å². The Bertz CT molecular complexity index is 398. The van der Waals surface area contributed by atoms with Gasteiger partial charge in [0.2, 0.25) is 0 Å². The predicted octanol–water partition coefficient (Wildman–Crippen LogP) is 3.81. The first-order valence-corrected chi connectivity index (χ1v) is 5.58. The van der Waals surface area contributed by atoms with Crippen LogP contribution in [0.25, 0.3) is 0 Å². The maximum absolute atomic E-state index is 12.0. The summed E-state index contributed by atoms with van der Waals surface area (Å²) in [4.78, 5) is 0. The molecule has 0 aromatic heterocycles. The first-order valence-electron chi connectivity index (χ1n) is 5.58. The van der Waals surface area contributed by atoms with Crippen molar-refractivity contribution in [2.45, 2.75) is 26.3 Å². The molecule has 2 nitrogen and oxygen atoms in total. The Balaban J connectivity index is 2.83. The van der Waals surface area contributed by atoms with Gasteiger partial charge in [-0.05, 0) is 31.2 Å². The molecule has 0 bridgehead atoms. The molecule has 0 fully saturated rings. The van der Waals surface area contributed by atoms with Crippen LogP contribution < -0.4 is 10.1 Å². The van der Waals surface area contributed by atoms with E-state index in [9.17, 15) is 13.2 Å². The second-order valence-corrected chi connectivity index (χ2v) is 3.95. The van der Waals surface area contributed by atoms with Gasteiger partial charge in [-0.15, -0.1) is 13.2 Å². The SMILES string of the molecule is C=C(C)C(NCC)c1ccc(OC(F)(F)F)cc1. The third-order valence-corrected chi connectivity index (χ3v) is 2.35. The highest BCUT2D eigenvalue weighted by atomic mass is 19.4. The topological polar surface area (TPSA) is 21.3 Å². The average molecular weight is 259 g/mol. The van der Waals surface area contributed by atoms with E-state index < -0.39 is 6.36 Å². The smallest absolute Gasteiger partial charge is 0.406 e. The lowest BCUT2D eigenvalue weighted by Crippen LogP contribution is -2.21. The minimum Gasteiger partial charge on any atom is -0.406 e. The van der Waals surface area contributed by atoms with Gasteiger partial charge in [-0.3, -0.25) is 0 Å². The molecular formula is C13H16F3NO. The maximum atomic E-state index is 12.0. The summed E-state index contributed by atoms with van der Waals surface area (Å²) in [6.07, 6.45) is -4.66. The summed E-state index contributed by atoms with van der Waals surface area (Å²) in [5.41, 5.74) is 1.76. The molecule has 0 aliphatic carbocycles. The standard InChI is InChI=1S/C13H16F3NO/c1-4-17-12(9(2)3)10-5-7-11(8-6-10)18-13(14,15)16/h5-8,12,17H,2,4H2,1,3H3. The van der Waals surface area contributed by atoms with Crippen LogP contribution in [-0.2, 0) is 0 Å². The van der Waals surface area contributed by atoms with E-state index in [-0.39, 0.29) is 11.8 Å². The van der Waals surface area contributed by atoms with Crippen LogP contribution in [0, 0.1) is 0 Å². The van der Waals surface area contributed by atoms with Crippen molar-refractivity contribution >= 4 is 0 Å². The minimum absolute atomic E-state index is 0.0602. The fourth-order valence-electron chi connectivity index (χ4n) is 1.64. The van der Waals surface area contributed by atoms with Crippen molar-refractivity contribution in [2.75, 3.05) is 6.54 Å². The van der Waals surface area contributed by atoms with Gasteiger partial charge >= 0.3 is 6.36 Å². The number of rotatable bonds is 5. The number of benzene rings is 1. The summed E-state index contributed by atoms with van der Waals surface area (Å²) in [6, 6.07) is 5.74. The summed E-state index contributed by atoms with van der Waals surface area (Å²) in [6.45, 7) is 8.43. The number of halogens is 3. The summed E-state index contributed by atoms with van der Waals surface area (Å²) in [5.74, 6) is -0.219. The molecule has 0 saturated carbocycles. The van der Waals surface area contributed by atoms with Gasteiger partial charge in [0.25, 0.3) is 0 Å². The molecule has 0 heterocycles. The predicted molar refractivity (Wildman–Crippen MR) is 64.4 cm³/mol. The third kappa shape index (κ3) is 4.41. The molecule has 0 saturated heterocycles. The normalized spacial score (nSPS) is 13.2. The second kappa shape index (κ2) is 5.91. The number of likely N-dealkylation sites (N-methyl/N-ethyl adjacent to an activating group) is 1. The molecule has 1 aromatic rings. The first kappa shape index (κ1) is 14.6. The highest BCUT2D eigenvalue weighted by Gasteiger charge is 2.31. The van der Waals surface area contributed by atoms with Gasteiger partial charge < -0.3 is 10.1 Å². The lowest BCUT2D eigenvalue weighted by atomic mass is 10.0. The van der Waals surface area contributed by atoms with Crippen LogP contribution in [0.4, 0.5) is 13.2 Å². The Morgan fingerprint density at radius 2 is 1.89 bits per heavy atom. The Hall–Kier alpha value is -1.49. The number of hydrogen-bond acceptors (Lipinski definition) is 2. The Morgan fingerprint density at radius 3 is 2.28 bits per heavy atom. The van der Waals surface area contributed by atoms with Gasteiger partial charge in [-0.1, -0.05) is 31.2 Å². The molecule has 1 aromatic carbocycles. The molecule has 1 rings (SSSR count). The fraction of sp³-hybridized carbons (Fsp3) is 0.385. The van der Waals surface area contributed by atoms with Crippen LogP contribution in [0.5, 0.6) is 5.75 Å². The number of ether oxygens (including phenoxy) is 1. The van der Waals surface area contributed by atoms with Gasteiger partial charge in [0, 0.05) is 0 Å². The third-order valence-electron chi connectivity index (χ3n) is 2.35. The van der Waals surface area contributed by atoms with E-state index >= 15 is 0 Å². The van der Waals surface area contributed by atoms with Gasteiger partial charge in [0.15, 0.2) is 0 Å². The molecule has 5 heteroatoms. The molecule has 0 aliphatic rings. The van der Waals surface area contributed by atoms with E-state index in [1.807, 2.05) is 13.8 Å². The van der Waals surface area contributed by atoms with Crippen molar-refractivity contribution in [3.63, 3.8) is 0 Å². The van der Waals surface area contributed by atoms with E-state index in [2.05, 4.69) is 16.6 Å². The summed E-state index contributed by atoms with van der Waals surface area (Å²) >= 11 is 0. The Morgan fingerprint density at radius 1 is 1.33 bits per heavy atom. The zero-order valence-electron chi connectivity index (χ0n) is 10.3. The number of alkyl halides is 3. The fourth-order valence-corrected chi connectivity index (χ4v) is 1.64. The Kier molecular flexibility index (Phi) is 4.78. The minimum atomic E-state index is -4.66. The molecular weight excluding hydrogens is 243 g/mol. The molecule has 0 aliphatic heterocycles. The molecule has 0 radical (unpaired) electrons. The van der Waals surface area contributed by atoms with E-state index in [1.54, 1.807) is 12.1 Å². The number of nitrogens with one attached hydrogen (secondary N) is 1. The summed E-state index contributed by atoms with van der Waals surface area (Å²) in [5, 5.41) is 3.20. The highest BCUT2D eigenvalue weighted by Crippen LogP contribution is 2.26. The summed E-state index contributed by atoms with van der Waals surface area (Å²) in [7, 11) is 0. The van der Waals surface area contributed by atoms with Gasteiger partial charge in [-0.25, -0.2) is 0 Å². The van der Waals surface area contributed by atoms with Gasteiger partial charge in [-0.2, -0.15) is 0 Å². The van der Waals surface area contributed by atoms with E-state index in [4.69, 9.17) is 0 Å². The molecule has 1 atom stereocenters. The van der Waals surface area contributed by atoms with Crippen molar-refractivity contribution in [1.29, 1.82) is 0 Å². The molecule has 1 N–H and O–H groups in total. The second-order valence-electron chi connectivity index (χ2n) is 3.95. The zero-order valence-corrected chi connectivity index (χ0v) is 10.3. The monoisotopic (exact) mass is 259 g/mol. The first-order chi connectivity index (χ1) is 8.33. The van der Waals surface area contributed by atoms with Crippen molar-refractivity contribution in [2.24, 2.45) is 0 Å². The van der Waals surface area contributed by atoms with Crippen LogP contribution in [0.3, 0.4) is 0 Å². The van der Waals surface area contributed by atoms with Crippen LogP contribution in [0.2, 0.25) is 0 Å². The van der Waals surface area contributed by atoms with Crippen molar-refractivity contribution in [1.82, 2.24) is 5.32 Å². The van der Waals surface area contributed by atoms with E-state index in [0.717, 1.165) is 17.7 Å². The van der Waals surface area contributed by atoms with E-state index in [1.165, 1.54) is 12.1 Å².